The Kier molecular flexibility index (Phi) is 6.69. The van der Waals surface area contributed by atoms with Crippen molar-refractivity contribution in [3.05, 3.63) is 59.4 Å². The molecule has 0 aliphatic carbocycles. The van der Waals surface area contributed by atoms with Gasteiger partial charge in [-0.1, -0.05) is 49.0 Å². The monoisotopic (exact) mass is 413 g/mol. The third kappa shape index (κ3) is 4.85. The van der Waals surface area contributed by atoms with Crippen molar-refractivity contribution in [2.24, 2.45) is 4.99 Å². The van der Waals surface area contributed by atoms with E-state index in [9.17, 15) is 14.0 Å². The molecule has 1 aliphatic heterocycles. The molecule has 0 radical (unpaired) electrons. The first kappa shape index (κ1) is 21.0. The number of nitrogens with zero attached hydrogens (tertiary/aromatic N) is 2. The van der Waals surface area contributed by atoms with Gasteiger partial charge < -0.3 is 5.32 Å². The molecule has 0 bridgehead atoms. The maximum atomic E-state index is 13.8. The van der Waals surface area contributed by atoms with Gasteiger partial charge in [0.2, 0.25) is 11.8 Å². The number of anilines is 1. The molecule has 1 N–H and O–H groups in total. The van der Waals surface area contributed by atoms with Crippen molar-refractivity contribution >= 4 is 40.1 Å². The quantitative estimate of drug-likeness (QED) is 0.739. The number of benzene rings is 2. The van der Waals surface area contributed by atoms with Crippen LogP contribution >= 0.6 is 11.8 Å². The number of rotatable bonds is 6. The van der Waals surface area contributed by atoms with E-state index in [4.69, 9.17) is 4.99 Å². The van der Waals surface area contributed by atoms with E-state index < -0.39 is 17.0 Å². The molecule has 0 unspecified atom stereocenters. The van der Waals surface area contributed by atoms with Crippen LogP contribution in [0.1, 0.15) is 30.9 Å². The van der Waals surface area contributed by atoms with Gasteiger partial charge in [-0.25, -0.2) is 9.38 Å². The predicted octanol–water partition coefficient (Wildman–Crippen LogP) is 4.81. The van der Waals surface area contributed by atoms with Gasteiger partial charge in [-0.2, -0.15) is 0 Å². The van der Waals surface area contributed by atoms with Gasteiger partial charge >= 0.3 is 0 Å². The number of aliphatic imine (C=N–C) groups is 1. The van der Waals surface area contributed by atoms with Crippen molar-refractivity contribution < 1.29 is 14.0 Å². The molecule has 2 amide bonds. The number of aryl methyl sites for hydroxylation is 2. The Labute approximate surface area is 174 Å². The highest BCUT2D eigenvalue weighted by molar-refractivity contribution is 8.15. The molecule has 0 aromatic heterocycles. The zero-order valence-corrected chi connectivity index (χ0v) is 17.6. The normalized spacial score (nSPS) is 17.8. The Balaban J connectivity index is 1.79. The molecular weight excluding hydrogens is 389 g/mol. The second-order valence-corrected chi connectivity index (χ2v) is 8.13. The summed E-state index contributed by atoms with van der Waals surface area (Å²) in [5.41, 5.74) is 3.02. The zero-order valence-electron chi connectivity index (χ0n) is 16.7. The molecule has 1 aliphatic rings. The molecule has 0 saturated carbocycles. The fraction of sp³-hybridized carbons (Fsp3) is 0.318. The number of carbonyl (C=O) groups is 2. The molecule has 3 rings (SSSR count). The summed E-state index contributed by atoms with van der Waals surface area (Å²) >= 11 is 1.29. The summed E-state index contributed by atoms with van der Waals surface area (Å²) in [4.78, 5) is 31.7. The lowest BCUT2D eigenvalue weighted by molar-refractivity contribution is -0.128. The van der Waals surface area contributed by atoms with E-state index in [2.05, 4.69) is 5.32 Å². The molecule has 7 heteroatoms. The molecule has 2 aromatic rings. The molecule has 5 nitrogen and oxygen atoms in total. The van der Waals surface area contributed by atoms with Crippen molar-refractivity contribution in [1.82, 2.24) is 4.90 Å². The van der Waals surface area contributed by atoms with E-state index in [0.29, 0.717) is 11.7 Å². The summed E-state index contributed by atoms with van der Waals surface area (Å²) in [5.74, 6) is -1.03. The number of amidine groups is 1. The molecule has 1 saturated heterocycles. The number of amides is 2. The highest BCUT2D eigenvalue weighted by atomic mass is 32.2. The number of para-hydroxylation sites is 2. The van der Waals surface area contributed by atoms with Gasteiger partial charge in [-0.15, -0.1) is 0 Å². The van der Waals surface area contributed by atoms with Crippen LogP contribution in [0.4, 0.5) is 15.8 Å². The molecule has 0 spiro atoms. The molecule has 152 valence electrons. The van der Waals surface area contributed by atoms with Crippen LogP contribution in [0.25, 0.3) is 0 Å². The maximum Gasteiger partial charge on any atom is 0.242 e. The Bertz CT molecular complexity index is 941. The lowest BCUT2D eigenvalue weighted by Crippen LogP contribution is -2.34. The lowest BCUT2D eigenvalue weighted by atomic mass is 10.1. The van der Waals surface area contributed by atoms with Gasteiger partial charge in [0.05, 0.1) is 11.4 Å². The molecule has 1 heterocycles. The summed E-state index contributed by atoms with van der Waals surface area (Å²) < 4.78 is 13.8. The van der Waals surface area contributed by atoms with E-state index in [1.807, 2.05) is 39.0 Å². The second-order valence-electron chi connectivity index (χ2n) is 6.96. The van der Waals surface area contributed by atoms with Gasteiger partial charge in [0.25, 0.3) is 0 Å². The number of hydrogen-bond donors (Lipinski definition) is 1. The van der Waals surface area contributed by atoms with Gasteiger partial charge in [0, 0.05) is 13.0 Å². The zero-order chi connectivity index (χ0) is 21.0. The van der Waals surface area contributed by atoms with E-state index in [-0.39, 0.29) is 18.0 Å². The first-order chi connectivity index (χ1) is 13.9. The molecule has 1 atom stereocenters. The SMILES string of the molecule is CCCN1C(=O)[C@@H](CC(=O)Nc2ccccc2F)SC1=Nc1c(C)cccc1C. The highest BCUT2D eigenvalue weighted by Crippen LogP contribution is 2.34. The number of halogens is 1. The second kappa shape index (κ2) is 9.22. The van der Waals surface area contributed by atoms with Crippen LogP contribution in [0.15, 0.2) is 47.5 Å². The Hall–Kier alpha value is -2.67. The smallest absolute Gasteiger partial charge is 0.242 e. The number of nitrogens with one attached hydrogen (secondary N) is 1. The molecular formula is C22H24FN3O2S. The van der Waals surface area contributed by atoms with Crippen molar-refractivity contribution in [2.75, 3.05) is 11.9 Å². The molecule has 29 heavy (non-hydrogen) atoms. The lowest BCUT2D eigenvalue weighted by Gasteiger charge is -2.16. The van der Waals surface area contributed by atoms with Crippen LogP contribution in [0, 0.1) is 19.7 Å². The van der Waals surface area contributed by atoms with Crippen molar-refractivity contribution in [3.8, 4) is 0 Å². The highest BCUT2D eigenvalue weighted by Gasteiger charge is 2.38. The summed E-state index contributed by atoms with van der Waals surface area (Å²) in [7, 11) is 0. The van der Waals surface area contributed by atoms with Gasteiger partial charge in [-0.3, -0.25) is 14.5 Å². The topological polar surface area (TPSA) is 61.8 Å². The number of carbonyl (C=O) groups excluding carboxylic acids is 2. The number of thioether (sulfide) groups is 1. The summed E-state index contributed by atoms with van der Waals surface area (Å²) in [6.07, 6.45) is 0.746. The third-order valence-corrected chi connectivity index (χ3v) is 5.81. The summed E-state index contributed by atoms with van der Waals surface area (Å²) in [5, 5.41) is 2.59. The summed E-state index contributed by atoms with van der Waals surface area (Å²) in [6.45, 7) is 6.50. The minimum atomic E-state index is -0.573. The van der Waals surface area contributed by atoms with Crippen molar-refractivity contribution in [3.63, 3.8) is 0 Å². The van der Waals surface area contributed by atoms with Crippen molar-refractivity contribution in [1.29, 1.82) is 0 Å². The third-order valence-electron chi connectivity index (χ3n) is 4.63. The fourth-order valence-electron chi connectivity index (χ4n) is 3.16. The first-order valence-electron chi connectivity index (χ1n) is 9.58. The van der Waals surface area contributed by atoms with E-state index >= 15 is 0 Å². The van der Waals surface area contributed by atoms with Gasteiger partial charge in [0.1, 0.15) is 11.1 Å². The first-order valence-corrected chi connectivity index (χ1v) is 10.5. The van der Waals surface area contributed by atoms with E-state index in [1.54, 1.807) is 17.0 Å². The van der Waals surface area contributed by atoms with Crippen LogP contribution in [-0.2, 0) is 9.59 Å². The van der Waals surface area contributed by atoms with Gasteiger partial charge in [0.15, 0.2) is 5.17 Å². The van der Waals surface area contributed by atoms with Crippen LogP contribution in [0.5, 0.6) is 0 Å². The Morgan fingerprint density at radius 2 is 1.86 bits per heavy atom. The van der Waals surface area contributed by atoms with Crippen LogP contribution < -0.4 is 5.32 Å². The van der Waals surface area contributed by atoms with Crippen molar-refractivity contribution in [2.45, 2.75) is 38.9 Å². The maximum absolute atomic E-state index is 13.8. The largest absolute Gasteiger partial charge is 0.324 e. The minimum absolute atomic E-state index is 0.0379. The fourth-order valence-corrected chi connectivity index (χ4v) is 4.33. The van der Waals surface area contributed by atoms with Gasteiger partial charge in [-0.05, 0) is 43.5 Å². The number of hydrogen-bond acceptors (Lipinski definition) is 4. The Morgan fingerprint density at radius 1 is 1.17 bits per heavy atom. The molecule has 2 aromatic carbocycles. The van der Waals surface area contributed by atoms with Crippen LogP contribution in [0.2, 0.25) is 0 Å². The van der Waals surface area contributed by atoms with Crippen LogP contribution in [0.3, 0.4) is 0 Å². The Morgan fingerprint density at radius 3 is 2.52 bits per heavy atom. The van der Waals surface area contributed by atoms with E-state index in [1.165, 1.54) is 23.9 Å². The average Bonchev–Trinajstić information content (AvgIpc) is 2.96. The molecule has 1 fully saturated rings. The van der Waals surface area contributed by atoms with E-state index in [0.717, 1.165) is 23.2 Å². The minimum Gasteiger partial charge on any atom is -0.324 e. The standard InChI is InChI=1S/C22H24FN3O2S/c1-4-12-26-21(28)18(13-19(27)24-17-11-6-5-10-16(17)23)29-22(26)25-20-14(2)8-7-9-15(20)3/h5-11,18H,4,12-13H2,1-3H3,(H,24,27)/t18-/m1/s1. The predicted molar refractivity (Wildman–Crippen MR) is 116 cm³/mol. The summed E-state index contributed by atoms with van der Waals surface area (Å²) in [6, 6.07) is 11.9. The van der Waals surface area contributed by atoms with Crippen LogP contribution in [-0.4, -0.2) is 33.7 Å². The average molecular weight is 414 g/mol.